The number of rotatable bonds is 6. The molecule has 0 radical (unpaired) electrons. The normalized spacial score (nSPS) is 14.8. The summed E-state index contributed by atoms with van der Waals surface area (Å²) in [7, 11) is 1.70. The molecule has 3 nitrogen and oxygen atoms in total. The number of methoxy groups -OCH3 is 1. The summed E-state index contributed by atoms with van der Waals surface area (Å²) in [5.74, 6) is 2.07. The topological polar surface area (TPSA) is 61.3 Å². The standard InChI is InChI=1S/C16H28N2O/c1-10(2)12-6-7-13(15(8-12)19-5)16(18)14(9-17)11(3)4/h6-8,10-11,14,16H,9,17-18H2,1-5H3. The van der Waals surface area contributed by atoms with Crippen LogP contribution in [0, 0.1) is 11.8 Å². The van der Waals surface area contributed by atoms with Crippen molar-refractivity contribution < 1.29 is 4.74 Å². The predicted molar refractivity (Wildman–Crippen MR) is 81.4 cm³/mol. The van der Waals surface area contributed by atoms with Gasteiger partial charge in [-0.3, -0.25) is 0 Å². The van der Waals surface area contributed by atoms with Crippen LogP contribution in [0.5, 0.6) is 5.75 Å². The van der Waals surface area contributed by atoms with E-state index in [1.807, 2.05) is 0 Å². The first-order chi connectivity index (χ1) is 8.92. The van der Waals surface area contributed by atoms with Gasteiger partial charge in [0.1, 0.15) is 5.75 Å². The van der Waals surface area contributed by atoms with Gasteiger partial charge < -0.3 is 16.2 Å². The summed E-state index contributed by atoms with van der Waals surface area (Å²) in [6, 6.07) is 6.23. The Kier molecular flexibility index (Phi) is 5.83. The molecule has 0 aliphatic carbocycles. The summed E-state index contributed by atoms with van der Waals surface area (Å²) in [6.45, 7) is 9.25. The highest BCUT2D eigenvalue weighted by Crippen LogP contribution is 2.33. The summed E-state index contributed by atoms with van der Waals surface area (Å²) < 4.78 is 5.51. The molecule has 4 N–H and O–H groups in total. The number of hydrogen-bond donors (Lipinski definition) is 2. The lowest BCUT2D eigenvalue weighted by molar-refractivity contribution is 0.320. The van der Waals surface area contributed by atoms with Crippen LogP contribution in [0.3, 0.4) is 0 Å². The fraction of sp³-hybridized carbons (Fsp3) is 0.625. The van der Waals surface area contributed by atoms with E-state index in [1.54, 1.807) is 7.11 Å². The van der Waals surface area contributed by atoms with Crippen molar-refractivity contribution in [3.05, 3.63) is 29.3 Å². The fourth-order valence-electron chi connectivity index (χ4n) is 2.43. The second-order valence-corrected chi connectivity index (χ2v) is 5.83. The van der Waals surface area contributed by atoms with E-state index < -0.39 is 0 Å². The maximum Gasteiger partial charge on any atom is 0.123 e. The van der Waals surface area contributed by atoms with E-state index >= 15 is 0 Å². The van der Waals surface area contributed by atoms with Crippen molar-refractivity contribution in [2.24, 2.45) is 23.3 Å². The Balaban J connectivity index is 3.12. The van der Waals surface area contributed by atoms with E-state index in [2.05, 4.69) is 45.9 Å². The lowest BCUT2D eigenvalue weighted by Crippen LogP contribution is -2.32. The lowest BCUT2D eigenvalue weighted by atomic mass is 9.84. The molecule has 0 spiro atoms. The quantitative estimate of drug-likeness (QED) is 0.830. The van der Waals surface area contributed by atoms with E-state index in [1.165, 1.54) is 5.56 Å². The van der Waals surface area contributed by atoms with Crippen LogP contribution in [0.4, 0.5) is 0 Å². The third kappa shape index (κ3) is 3.71. The van der Waals surface area contributed by atoms with Gasteiger partial charge in [0.2, 0.25) is 0 Å². The molecule has 0 aromatic heterocycles. The molecule has 1 aromatic rings. The third-order valence-electron chi connectivity index (χ3n) is 3.87. The molecule has 1 aromatic carbocycles. The van der Waals surface area contributed by atoms with Crippen LogP contribution >= 0.6 is 0 Å². The minimum absolute atomic E-state index is 0.0823. The van der Waals surface area contributed by atoms with Crippen LogP contribution < -0.4 is 16.2 Å². The minimum atomic E-state index is -0.0823. The van der Waals surface area contributed by atoms with Crippen LogP contribution in [-0.2, 0) is 0 Å². The van der Waals surface area contributed by atoms with Gasteiger partial charge in [0.25, 0.3) is 0 Å². The Morgan fingerprint density at radius 2 is 1.79 bits per heavy atom. The van der Waals surface area contributed by atoms with Crippen molar-refractivity contribution in [2.45, 2.75) is 39.7 Å². The maximum atomic E-state index is 6.39. The van der Waals surface area contributed by atoms with Crippen molar-refractivity contribution in [3.63, 3.8) is 0 Å². The van der Waals surface area contributed by atoms with Crippen LogP contribution in [0.25, 0.3) is 0 Å². The van der Waals surface area contributed by atoms with E-state index in [9.17, 15) is 0 Å². The Bertz CT molecular complexity index is 402. The molecule has 0 amide bonds. The summed E-state index contributed by atoms with van der Waals surface area (Å²) in [4.78, 5) is 0. The SMILES string of the molecule is COc1cc(C(C)C)ccc1C(N)C(CN)C(C)C. The summed E-state index contributed by atoms with van der Waals surface area (Å²) in [6.07, 6.45) is 0. The van der Waals surface area contributed by atoms with Crippen LogP contribution in [-0.4, -0.2) is 13.7 Å². The van der Waals surface area contributed by atoms with Crippen molar-refractivity contribution in [1.82, 2.24) is 0 Å². The number of ether oxygens (including phenoxy) is 1. The first kappa shape index (κ1) is 16.0. The van der Waals surface area contributed by atoms with Crippen molar-refractivity contribution in [2.75, 3.05) is 13.7 Å². The summed E-state index contributed by atoms with van der Waals surface area (Å²) in [5.41, 5.74) is 14.6. The molecule has 108 valence electrons. The molecule has 0 saturated heterocycles. The molecule has 0 heterocycles. The van der Waals surface area contributed by atoms with Gasteiger partial charge in [0.05, 0.1) is 7.11 Å². The van der Waals surface area contributed by atoms with E-state index in [0.29, 0.717) is 18.4 Å². The van der Waals surface area contributed by atoms with Crippen LogP contribution in [0.1, 0.15) is 50.8 Å². The van der Waals surface area contributed by atoms with E-state index in [-0.39, 0.29) is 12.0 Å². The zero-order valence-corrected chi connectivity index (χ0v) is 12.8. The molecule has 0 aliphatic heterocycles. The average Bonchev–Trinajstić information content (AvgIpc) is 2.37. The fourth-order valence-corrected chi connectivity index (χ4v) is 2.43. The maximum absolute atomic E-state index is 6.39. The van der Waals surface area contributed by atoms with Crippen LogP contribution in [0.2, 0.25) is 0 Å². The minimum Gasteiger partial charge on any atom is -0.496 e. The molecule has 0 aliphatic rings. The summed E-state index contributed by atoms with van der Waals surface area (Å²) >= 11 is 0. The van der Waals surface area contributed by atoms with Crippen molar-refractivity contribution in [3.8, 4) is 5.75 Å². The van der Waals surface area contributed by atoms with Gasteiger partial charge in [-0.05, 0) is 35.9 Å². The molecule has 1 rings (SSSR count). The third-order valence-corrected chi connectivity index (χ3v) is 3.87. The highest BCUT2D eigenvalue weighted by molar-refractivity contribution is 5.41. The highest BCUT2D eigenvalue weighted by atomic mass is 16.5. The molecule has 2 unspecified atom stereocenters. The number of benzene rings is 1. The van der Waals surface area contributed by atoms with Gasteiger partial charge in [0, 0.05) is 11.6 Å². The Morgan fingerprint density at radius 1 is 1.16 bits per heavy atom. The zero-order valence-electron chi connectivity index (χ0n) is 12.8. The lowest BCUT2D eigenvalue weighted by Gasteiger charge is -2.27. The Morgan fingerprint density at radius 3 is 2.21 bits per heavy atom. The van der Waals surface area contributed by atoms with Gasteiger partial charge in [-0.2, -0.15) is 0 Å². The van der Waals surface area contributed by atoms with Gasteiger partial charge in [-0.15, -0.1) is 0 Å². The molecule has 0 bridgehead atoms. The second kappa shape index (κ2) is 6.92. The van der Waals surface area contributed by atoms with Crippen LogP contribution in [0.15, 0.2) is 18.2 Å². The molecule has 3 heteroatoms. The number of hydrogen-bond acceptors (Lipinski definition) is 3. The molecule has 0 saturated carbocycles. The molecule has 2 atom stereocenters. The average molecular weight is 264 g/mol. The van der Waals surface area contributed by atoms with Crippen molar-refractivity contribution >= 4 is 0 Å². The first-order valence-electron chi connectivity index (χ1n) is 7.05. The summed E-state index contributed by atoms with van der Waals surface area (Å²) in [5, 5.41) is 0. The molecule has 19 heavy (non-hydrogen) atoms. The predicted octanol–water partition coefficient (Wildman–Crippen LogP) is 3.05. The highest BCUT2D eigenvalue weighted by Gasteiger charge is 2.24. The Hall–Kier alpha value is -1.06. The van der Waals surface area contributed by atoms with Gasteiger partial charge in [-0.25, -0.2) is 0 Å². The van der Waals surface area contributed by atoms with E-state index in [4.69, 9.17) is 16.2 Å². The number of nitrogens with two attached hydrogens (primary N) is 2. The molecular weight excluding hydrogens is 236 g/mol. The monoisotopic (exact) mass is 264 g/mol. The molecule has 0 fully saturated rings. The smallest absolute Gasteiger partial charge is 0.123 e. The zero-order chi connectivity index (χ0) is 14.6. The molecular formula is C16H28N2O. The Labute approximate surface area is 117 Å². The second-order valence-electron chi connectivity index (χ2n) is 5.83. The van der Waals surface area contributed by atoms with E-state index in [0.717, 1.165) is 11.3 Å². The largest absolute Gasteiger partial charge is 0.496 e. The van der Waals surface area contributed by atoms with Gasteiger partial charge in [-0.1, -0.05) is 39.8 Å². The first-order valence-corrected chi connectivity index (χ1v) is 7.05. The van der Waals surface area contributed by atoms with Gasteiger partial charge in [0.15, 0.2) is 0 Å². The van der Waals surface area contributed by atoms with Gasteiger partial charge >= 0.3 is 0 Å². The van der Waals surface area contributed by atoms with Crippen molar-refractivity contribution in [1.29, 1.82) is 0 Å².